The van der Waals surface area contributed by atoms with Crippen LogP contribution >= 0.6 is 15.9 Å². The lowest BCUT2D eigenvalue weighted by atomic mass is 9.88. The van der Waals surface area contributed by atoms with E-state index in [9.17, 15) is 4.39 Å². The van der Waals surface area contributed by atoms with Crippen LogP contribution < -0.4 is 5.73 Å². The lowest BCUT2D eigenvalue weighted by molar-refractivity contribution is 0.381. The summed E-state index contributed by atoms with van der Waals surface area (Å²) >= 11 is 3.33. The van der Waals surface area contributed by atoms with Crippen molar-refractivity contribution in [3.8, 4) is 0 Å². The first-order chi connectivity index (χ1) is 8.16. The highest BCUT2D eigenvalue weighted by Gasteiger charge is 2.21. The Balaban J connectivity index is 2.14. The first-order valence-corrected chi connectivity index (χ1v) is 7.17. The highest BCUT2D eigenvalue weighted by Crippen LogP contribution is 2.33. The predicted molar refractivity (Wildman–Crippen MR) is 72.2 cm³/mol. The van der Waals surface area contributed by atoms with Crippen LogP contribution in [0.1, 0.15) is 50.1 Å². The van der Waals surface area contributed by atoms with Gasteiger partial charge in [-0.3, -0.25) is 0 Å². The SMILES string of the molecule is NC(c1cc(F)cc(Br)c1)C1CCCCCC1. The third-order valence-electron chi connectivity index (χ3n) is 3.68. The second-order valence-electron chi connectivity index (χ2n) is 4.98. The van der Waals surface area contributed by atoms with Crippen LogP contribution in [0.4, 0.5) is 4.39 Å². The van der Waals surface area contributed by atoms with Crippen molar-refractivity contribution in [3.05, 3.63) is 34.1 Å². The van der Waals surface area contributed by atoms with E-state index in [0.29, 0.717) is 5.92 Å². The fourth-order valence-corrected chi connectivity index (χ4v) is 3.19. The van der Waals surface area contributed by atoms with Gasteiger partial charge in [0.2, 0.25) is 0 Å². The second-order valence-corrected chi connectivity index (χ2v) is 5.90. The Morgan fingerprint density at radius 1 is 1.12 bits per heavy atom. The molecule has 1 saturated carbocycles. The molecule has 94 valence electrons. The van der Waals surface area contributed by atoms with Crippen LogP contribution in [0.25, 0.3) is 0 Å². The van der Waals surface area contributed by atoms with E-state index >= 15 is 0 Å². The Morgan fingerprint density at radius 2 is 1.76 bits per heavy atom. The summed E-state index contributed by atoms with van der Waals surface area (Å²) in [7, 11) is 0. The Kier molecular flexibility index (Phi) is 4.57. The van der Waals surface area contributed by atoms with E-state index < -0.39 is 0 Å². The van der Waals surface area contributed by atoms with Gasteiger partial charge >= 0.3 is 0 Å². The third kappa shape index (κ3) is 3.52. The number of hydrogen-bond donors (Lipinski definition) is 1. The summed E-state index contributed by atoms with van der Waals surface area (Å²) in [5.41, 5.74) is 7.21. The maximum atomic E-state index is 13.4. The number of benzene rings is 1. The minimum absolute atomic E-state index is 0.0277. The van der Waals surface area contributed by atoms with Gasteiger partial charge in [-0.25, -0.2) is 4.39 Å². The number of halogens is 2. The van der Waals surface area contributed by atoms with Crippen molar-refractivity contribution < 1.29 is 4.39 Å². The summed E-state index contributed by atoms with van der Waals surface area (Å²) in [4.78, 5) is 0. The number of rotatable bonds is 2. The predicted octanol–water partition coefficient (Wildman–Crippen LogP) is 4.56. The zero-order valence-corrected chi connectivity index (χ0v) is 11.5. The molecule has 1 nitrogen and oxygen atoms in total. The molecule has 3 heteroatoms. The van der Waals surface area contributed by atoms with Gasteiger partial charge in [0.15, 0.2) is 0 Å². The summed E-state index contributed by atoms with van der Waals surface area (Å²) in [5.74, 6) is 0.296. The van der Waals surface area contributed by atoms with Gasteiger partial charge in [0.05, 0.1) is 0 Å². The molecule has 1 atom stereocenters. The summed E-state index contributed by atoms with van der Waals surface area (Å²) in [6, 6.07) is 4.96. The van der Waals surface area contributed by atoms with Gasteiger partial charge in [0, 0.05) is 10.5 Å². The lowest BCUT2D eigenvalue weighted by Crippen LogP contribution is -2.21. The van der Waals surface area contributed by atoms with Crippen molar-refractivity contribution in [3.63, 3.8) is 0 Å². The fourth-order valence-electron chi connectivity index (χ4n) is 2.71. The molecule has 1 aromatic carbocycles. The van der Waals surface area contributed by atoms with Crippen LogP contribution in [0.5, 0.6) is 0 Å². The van der Waals surface area contributed by atoms with Gasteiger partial charge in [0.25, 0.3) is 0 Å². The first-order valence-electron chi connectivity index (χ1n) is 6.38. The van der Waals surface area contributed by atoms with Crippen molar-refractivity contribution in [2.75, 3.05) is 0 Å². The van der Waals surface area contributed by atoms with E-state index in [2.05, 4.69) is 15.9 Å². The summed E-state index contributed by atoms with van der Waals surface area (Å²) in [5, 5.41) is 0. The summed E-state index contributed by atoms with van der Waals surface area (Å²) in [6.07, 6.45) is 7.50. The molecule has 0 bridgehead atoms. The molecule has 0 amide bonds. The molecule has 0 aliphatic heterocycles. The Morgan fingerprint density at radius 3 is 2.35 bits per heavy atom. The van der Waals surface area contributed by atoms with Crippen molar-refractivity contribution in [2.24, 2.45) is 11.7 Å². The molecule has 1 fully saturated rings. The zero-order chi connectivity index (χ0) is 12.3. The smallest absolute Gasteiger partial charge is 0.124 e. The maximum Gasteiger partial charge on any atom is 0.124 e. The molecular formula is C14H19BrFN. The van der Waals surface area contributed by atoms with Gasteiger partial charge < -0.3 is 5.73 Å². The van der Waals surface area contributed by atoms with E-state index in [1.54, 1.807) is 6.07 Å². The van der Waals surface area contributed by atoms with Gasteiger partial charge in [-0.15, -0.1) is 0 Å². The molecule has 1 aromatic rings. The molecule has 1 aliphatic rings. The minimum atomic E-state index is -0.210. The summed E-state index contributed by atoms with van der Waals surface area (Å²) in [6.45, 7) is 0. The standard InChI is InChI=1S/C14H19BrFN/c15-12-7-11(8-13(16)9-12)14(17)10-5-3-1-2-4-6-10/h7-10,14H,1-6,17H2. The zero-order valence-electron chi connectivity index (χ0n) is 9.96. The van der Waals surface area contributed by atoms with Gasteiger partial charge in [-0.2, -0.15) is 0 Å². The second kappa shape index (κ2) is 5.96. The minimum Gasteiger partial charge on any atom is -0.324 e. The van der Waals surface area contributed by atoms with Gasteiger partial charge in [0.1, 0.15) is 5.82 Å². The van der Waals surface area contributed by atoms with E-state index in [0.717, 1.165) is 10.0 Å². The van der Waals surface area contributed by atoms with Crippen LogP contribution in [-0.4, -0.2) is 0 Å². The average Bonchev–Trinajstić information content (AvgIpc) is 2.55. The maximum absolute atomic E-state index is 13.4. The first kappa shape index (κ1) is 13.0. The lowest BCUT2D eigenvalue weighted by Gasteiger charge is -2.23. The van der Waals surface area contributed by atoms with Crippen LogP contribution in [-0.2, 0) is 0 Å². The largest absolute Gasteiger partial charge is 0.324 e. The molecule has 0 saturated heterocycles. The van der Waals surface area contributed by atoms with Crippen molar-refractivity contribution in [1.82, 2.24) is 0 Å². The molecule has 2 rings (SSSR count). The quantitative estimate of drug-likeness (QED) is 0.796. The monoisotopic (exact) mass is 299 g/mol. The molecule has 0 radical (unpaired) electrons. The van der Waals surface area contributed by atoms with E-state index in [4.69, 9.17) is 5.73 Å². The van der Waals surface area contributed by atoms with E-state index in [1.807, 2.05) is 6.07 Å². The molecule has 0 heterocycles. The fraction of sp³-hybridized carbons (Fsp3) is 0.571. The topological polar surface area (TPSA) is 26.0 Å². The molecule has 0 aromatic heterocycles. The Labute approximate surface area is 111 Å². The molecule has 1 unspecified atom stereocenters. The van der Waals surface area contributed by atoms with E-state index in [-0.39, 0.29) is 11.9 Å². The molecule has 17 heavy (non-hydrogen) atoms. The Bertz CT molecular complexity index is 352. The van der Waals surface area contributed by atoms with Crippen LogP contribution in [0.2, 0.25) is 0 Å². The van der Waals surface area contributed by atoms with Gasteiger partial charge in [-0.1, -0.05) is 41.6 Å². The summed E-state index contributed by atoms with van der Waals surface area (Å²) < 4.78 is 14.1. The van der Waals surface area contributed by atoms with E-state index in [1.165, 1.54) is 44.6 Å². The van der Waals surface area contributed by atoms with Crippen molar-refractivity contribution in [2.45, 2.75) is 44.6 Å². The number of hydrogen-bond acceptors (Lipinski definition) is 1. The highest BCUT2D eigenvalue weighted by molar-refractivity contribution is 9.10. The Hall–Kier alpha value is -0.410. The van der Waals surface area contributed by atoms with Gasteiger partial charge in [-0.05, 0) is 42.5 Å². The normalized spacial score (nSPS) is 19.9. The molecule has 0 spiro atoms. The molecular weight excluding hydrogens is 281 g/mol. The molecule has 2 N–H and O–H groups in total. The average molecular weight is 300 g/mol. The van der Waals surface area contributed by atoms with Crippen molar-refractivity contribution >= 4 is 15.9 Å². The van der Waals surface area contributed by atoms with Crippen LogP contribution in [0.3, 0.4) is 0 Å². The highest BCUT2D eigenvalue weighted by atomic mass is 79.9. The molecule has 1 aliphatic carbocycles. The number of nitrogens with two attached hydrogens (primary N) is 1. The van der Waals surface area contributed by atoms with Crippen molar-refractivity contribution in [1.29, 1.82) is 0 Å². The van der Waals surface area contributed by atoms with Crippen LogP contribution in [0, 0.1) is 11.7 Å². The van der Waals surface area contributed by atoms with Crippen LogP contribution in [0.15, 0.2) is 22.7 Å². The third-order valence-corrected chi connectivity index (χ3v) is 4.14.